The van der Waals surface area contributed by atoms with Gasteiger partial charge in [-0.2, -0.15) is 0 Å². The predicted octanol–water partition coefficient (Wildman–Crippen LogP) is 4.87. The van der Waals surface area contributed by atoms with Crippen LogP contribution >= 0.6 is 0 Å². The third-order valence-electron chi connectivity index (χ3n) is 8.81. The van der Waals surface area contributed by atoms with E-state index < -0.39 is 0 Å². The summed E-state index contributed by atoms with van der Waals surface area (Å²) in [6, 6.07) is 21.9. The molecule has 31 heavy (non-hydrogen) atoms. The Hall–Kier alpha value is -2.13. The van der Waals surface area contributed by atoms with Gasteiger partial charge in [0.25, 0.3) is 0 Å². The minimum Gasteiger partial charge on any atom is -0.340 e. The van der Waals surface area contributed by atoms with Gasteiger partial charge in [0.1, 0.15) is 0 Å². The molecule has 4 aliphatic carbocycles. The number of rotatable bonds is 4. The summed E-state index contributed by atoms with van der Waals surface area (Å²) in [5.41, 5.74) is 3.01. The van der Waals surface area contributed by atoms with Crippen molar-refractivity contribution >= 4 is 5.91 Å². The SMILES string of the molecule is O=C(N1CCN(Cc2ccccc2)CC1)C12CC3CC(C1)CC(c1ccccc1)(C3)C2. The molecule has 0 aromatic heterocycles. The van der Waals surface area contributed by atoms with Crippen molar-refractivity contribution in [2.24, 2.45) is 17.3 Å². The van der Waals surface area contributed by atoms with E-state index >= 15 is 0 Å². The van der Waals surface area contributed by atoms with Crippen molar-refractivity contribution in [2.75, 3.05) is 26.2 Å². The van der Waals surface area contributed by atoms with Gasteiger partial charge in [-0.1, -0.05) is 60.7 Å². The van der Waals surface area contributed by atoms with Crippen molar-refractivity contribution in [3.63, 3.8) is 0 Å². The first kappa shape index (κ1) is 19.5. The molecule has 1 saturated heterocycles. The molecule has 3 heteroatoms. The number of carbonyl (C=O) groups excluding carboxylic acids is 1. The summed E-state index contributed by atoms with van der Waals surface area (Å²) in [6.45, 7) is 4.76. The van der Waals surface area contributed by atoms with Gasteiger partial charge in [-0.3, -0.25) is 9.69 Å². The summed E-state index contributed by atoms with van der Waals surface area (Å²) in [6.07, 6.45) is 7.32. The molecule has 0 radical (unpaired) electrons. The van der Waals surface area contributed by atoms with Crippen molar-refractivity contribution < 1.29 is 4.79 Å². The van der Waals surface area contributed by atoms with Crippen LogP contribution in [0.2, 0.25) is 0 Å². The molecule has 0 spiro atoms. The molecule has 0 N–H and O–H groups in total. The van der Waals surface area contributed by atoms with E-state index in [1.807, 2.05) is 0 Å². The van der Waals surface area contributed by atoms with Crippen molar-refractivity contribution in [1.82, 2.24) is 9.80 Å². The van der Waals surface area contributed by atoms with Gasteiger partial charge < -0.3 is 4.90 Å². The van der Waals surface area contributed by atoms with Crippen LogP contribution in [-0.4, -0.2) is 41.9 Å². The normalized spacial score (nSPS) is 34.8. The van der Waals surface area contributed by atoms with Crippen LogP contribution in [0, 0.1) is 17.3 Å². The number of hydrogen-bond acceptors (Lipinski definition) is 2. The molecule has 1 aliphatic heterocycles. The molecule has 1 heterocycles. The zero-order chi connectivity index (χ0) is 20.9. The molecule has 3 nitrogen and oxygen atoms in total. The third-order valence-corrected chi connectivity index (χ3v) is 8.81. The monoisotopic (exact) mass is 414 g/mol. The van der Waals surface area contributed by atoms with E-state index in [9.17, 15) is 4.79 Å². The molecule has 5 fully saturated rings. The Morgan fingerprint density at radius 2 is 1.42 bits per heavy atom. The average molecular weight is 415 g/mol. The first-order valence-corrected chi connectivity index (χ1v) is 12.3. The van der Waals surface area contributed by atoms with Gasteiger partial charge in [-0.15, -0.1) is 0 Å². The topological polar surface area (TPSA) is 23.6 Å². The van der Waals surface area contributed by atoms with Crippen LogP contribution in [0.3, 0.4) is 0 Å². The maximum Gasteiger partial charge on any atom is 0.228 e. The summed E-state index contributed by atoms with van der Waals surface area (Å²) < 4.78 is 0. The Morgan fingerprint density at radius 1 is 0.806 bits per heavy atom. The Labute approximate surface area is 186 Å². The zero-order valence-electron chi connectivity index (χ0n) is 18.5. The van der Waals surface area contributed by atoms with E-state index in [-0.39, 0.29) is 10.8 Å². The van der Waals surface area contributed by atoms with Crippen LogP contribution in [-0.2, 0) is 16.8 Å². The first-order valence-electron chi connectivity index (χ1n) is 12.3. The molecular formula is C28H34N2O. The van der Waals surface area contributed by atoms with Crippen LogP contribution in [0.5, 0.6) is 0 Å². The largest absolute Gasteiger partial charge is 0.340 e. The lowest BCUT2D eigenvalue weighted by atomic mass is 9.42. The van der Waals surface area contributed by atoms with E-state index in [2.05, 4.69) is 70.5 Å². The molecule has 7 rings (SSSR count). The smallest absolute Gasteiger partial charge is 0.228 e. The van der Waals surface area contributed by atoms with Crippen molar-refractivity contribution in [3.05, 3.63) is 71.8 Å². The Balaban J connectivity index is 1.18. The zero-order valence-corrected chi connectivity index (χ0v) is 18.5. The number of hydrogen-bond donors (Lipinski definition) is 0. The van der Waals surface area contributed by atoms with Crippen molar-refractivity contribution in [1.29, 1.82) is 0 Å². The lowest BCUT2D eigenvalue weighted by molar-refractivity contribution is -0.162. The van der Waals surface area contributed by atoms with Gasteiger partial charge in [-0.25, -0.2) is 0 Å². The number of carbonyl (C=O) groups is 1. The summed E-state index contributed by atoms with van der Waals surface area (Å²) in [5, 5.41) is 0. The van der Waals surface area contributed by atoms with Crippen molar-refractivity contribution in [3.8, 4) is 0 Å². The standard InChI is InChI=1S/C28H34N2O/c31-26(30-13-11-29(12-14-30)20-22-7-3-1-4-8-22)28-18-23-15-24(19-28)17-27(16-23,21-28)25-9-5-2-6-10-25/h1-10,23-24H,11-21H2. The fourth-order valence-corrected chi connectivity index (χ4v) is 7.93. The summed E-state index contributed by atoms with van der Waals surface area (Å²) in [4.78, 5) is 18.7. The summed E-state index contributed by atoms with van der Waals surface area (Å²) >= 11 is 0. The molecule has 4 saturated carbocycles. The molecule has 4 bridgehead atoms. The molecule has 5 aliphatic rings. The van der Waals surface area contributed by atoms with Gasteiger partial charge in [0, 0.05) is 32.7 Å². The number of benzene rings is 2. The fraction of sp³-hybridized carbons (Fsp3) is 0.536. The second-order valence-corrected chi connectivity index (χ2v) is 10.9. The molecule has 2 unspecified atom stereocenters. The molecule has 2 atom stereocenters. The lowest BCUT2D eigenvalue weighted by Crippen LogP contribution is -2.61. The maximum absolute atomic E-state index is 14.0. The Kier molecular flexibility index (Phi) is 4.72. The van der Waals surface area contributed by atoms with Crippen LogP contribution in [0.4, 0.5) is 0 Å². The first-order chi connectivity index (χ1) is 15.1. The predicted molar refractivity (Wildman–Crippen MR) is 124 cm³/mol. The molecule has 1 amide bonds. The average Bonchev–Trinajstić information content (AvgIpc) is 2.80. The number of nitrogens with zero attached hydrogens (tertiary/aromatic N) is 2. The highest BCUT2D eigenvalue weighted by Crippen LogP contribution is 2.66. The van der Waals surface area contributed by atoms with Gasteiger partial charge in [0.05, 0.1) is 5.41 Å². The quantitative estimate of drug-likeness (QED) is 0.713. The van der Waals surface area contributed by atoms with Gasteiger partial charge in [0.2, 0.25) is 5.91 Å². The molecule has 2 aromatic rings. The second kappa shape index (κ2) is 7.48. The van der Waals surface area contributed by atoms with E-state index in [4.69, 9.17) is 0 Å². The fourth-order valence-electron chi connectivity index (χ4n) is 7.93. The summed E-state index contributed by atoms with van der Waals surface area (Å²) in [5.74, 6) is 1.97. The molecule has 162 valence electrons. The highest BCUT2D eigenvalue weighted by Gasteiger charge is 2.61. The van der Waals surface area contributed by atoms with Crippen LogP contribution in [0.15, 0.2) is 60.7 Å². The number of piperazine rings is 1. The third kappa shape index (κ3) is 3.42. The van der Waals surface area contributed by atoms with E-state index in [1.54, 1.807) is 0 Å². The van der Waals surface area contributed by atoms with E-state index in [0.717, 1.165) is 63.8 Å². The van der Waals surface area contributed by atoms with Crippen molar-refractivity contribution in [2.45, 2.75) is 50.5 Å². The van der Waals surface area contributed by atoms with E-state index in [0.29, 0.717) is 5.91 Å². The van der Waals surface area contributed by atoms with Gasteiger partial charge in [-0.05, 0) is 66.9 Å². The van der Waals surface area contributed by atoms with Crippen LogP contribution in [0.25, 0.3) is 0 Å². The Morgan fingerprint density at radius 3 is 2.06 bits per heavy atom. The minimum absolute atomic E-state index is 0.0957. The van der Waals surface area contributed by atoms with Crippen LogP contribution in [0.1, 0.15) is 49.7 Å². The lowest BCUT2D eigenvalue weighted by Gasteiger charge is -2.62. The highest BCUT2D eigenvalue weighted by atomic mass is 16.2. The van der Waals surface area contributed by atoms with Gasteiger partial charge in [0.15, 0.2) is 0 Å². The van der Waals surface area contributed by atoms with Gasteiger partial charge >= 0.3 is 0 Å². The van der Waals surface area contributed by atoms with Crippen LogP contribution < -0.4 is 0 Å². The highest BCUT2D eigenvalue weighted by molar-refractivity contribution is 5.84. The summed E-state index contributed by atoms with van der Waals surface area (Å²) in [7, 11) is 0. The van der Waals surface area contributed by atoms with E-state index in [1.165, 1.54) is 30.4 Å². The minimum atomic E-state index is -0.0957. The maximum atomic E-state index is 14.0. The Bertz CT molecular complexity index is 918. The molecule has 2 aromatic carbocycles. The second-order valence-electron chi connectivity index (χ2n) is 10.9. The molecular weight excluding hydrogens is 380 g/mol. The number of amides is 1.